The number of hydrogen-bond donors (Lipinski definition) is 0. The molecule has 1 aliphatic rings. The average Bonchev–Trinajstić information content (AvgIpc) is 2.73. The molecule has 2 rings (SSSR count). The lowest BCUT2D eigenvalue weighted by atomic mass is 9.95. The Morgan fingerprint density at radius 2 is 1.83 bits per heavy atom. The van der Waals surface area contributed by atoms with Gasteiger partial charge in [0.15, 0.2) is 23.2 Å². The first kappa shape index (κ1) is 23.1. The van der Waals surface area contributed by atoms with Crippen molar-refractivity contribution in [2.24, 2.45) is 0 Å². The number of ether oxygens (including phenoxy) is 1. The highest BCUT2D eigenvalue weighted by atomic mass is 19.2. The number of allylic oxidation sites excluding steroid dienone is 7. The molecule has 156 valence electrons. The van der Waals surface area contributed by atoms with Gasteiger partial charge in [-0.2, -0.15) is 4.39 Å². The zero-order valence-electron chi connectivity index (χ0n) is 17.4. The van der Waals surface area contributed by atoms with Crippen LogP contribution in [0.4, 0.5) is 13.2 Å². The van der Waals surface area contributed by atoms with E-state index in [1.54, 1.807) is 18.2 Å². The van der Waals surface area contributed by atoms with Gasteiger partial charge in [-0.05, 0) is 36.1 Å². The summed E-state index contributed by atoms with van der Waals surface area (Å²) in [5, 5.41) is 0. The zero-order chi connectivity index (χ0) is 22.4. The Morgan fingerprint density at radius 3 is 2.47 bits per heavy atom. The fourth-order valence-corrected chi connectivity index (χ4v) is 2.82. The predicted molar refractivity (Wildman–Crippen MR) is 117 cm³/mol. The number of fused-ring (bicyclic) bond motifs is 1. The molecule has 0 aliphatic carbocycles. The van der Waals surface area contributed by atoms with Crippen LogP contribution in [0.15, 0.2) is 78.4 Å². The van der Waals surface area contributed by atoms with Gasteiger partial charge in [-0.25, -0.2) is 8.78 Å². The minimum absolute atomic E-state index is 0.140. The Hall–Kier alpha value is -3.19. The lowest BCUT2D eigenvalue weighted by Crippen LogP contribution is -2.15. The van der Waals surface area contributed by atoms with Gasteiger partial charge in [0.2, 0.25) is 5.82 Å². The van der Waals surface area contributed by atoms with E-state index in [-0.39, 0.29) is 29.1 Å². The molecular weight excluding hydrogens is 385 g/mol. The van der Waals surface area contributed by atoms with Crippen LogP contribution in [-0.2, 0) is 12.8 Å². The molecule has 0 spiro atoms. The molecule has 0 saturated heterocycles. The second-order valence-corrected chi connectivity index (χ2v) is 7.03. The lowest BCUT2D eigenvalue weighted by molar-refractivity contribution is 0.354. The molecule has 0 unspecified atom stereocenters. The SMILES string of the molecule is C=C(C#CC(=C)/C(F)=C1/Oc2c(cc(CCC)c(F)c2F)CC1=C)/C=C\C(=C)CC. The van der Waals surface area contributed by atoms with E-state index in [9.17, 15) is 13.2 Å². The molecule has 0 bridgehead atoms. The predicted octanol–water partition coefficient (Wildman–Crippen LogP) is 7.23. The van der Waals surface area contributed by atoms with Gasteiger partial charge >= 0.3 is 0 Å². The summed E-state index contributed by atoms with van der Waals surface area (Å²) in [7, 11) is 0. The van der Waals surface area contributed by atoms with Gasteiger partial charge in [-0.15, -0.1) is 0 Å². The van der Waals surface area contributed by atoms with Crippen LogP contribution in [0, 0.1) is 23.5 Å². The summed E-state index contributed by atoms with van der Waals surface area (Å²) in [5.41, 5.74) is 2.20. The molecule has 0 fully saturated rings. The van der Waals surface area contributed by atoms with Crippen LogP contribution >= 0.6 is 0 Å². The van der Waals surface area contributed by atoms with Crippen LogP contribution < -0.4 is 4.74 Å². The molecule has 1 nitrogen and oxygen atoms in total. The number of benzene rings is 1. The third kappa shape index (κ3) is 5.24. The highest BCUT2D eigenvalue weighted by Crippen LogP contribution is 2.39. The Bertz CT molecular complexity index is 1040. The third-order valence-corrected chi connectivity index (χ3v) is 4.58. The normalized spacial score (nSPS) is 14.5. The maximum absolute atomic E-state index is 14.9. The van der Waals surface area contributed by atoms with Crippen LogP contribution in [-0.4, -0.2) is 0 Å². The van der Waals surface area contributed by atoms with Crippen molar-refractivity contribution >= 4 is 0 Å². The summed E-state index contributed by atoms with van der Waals surface area (Å²) in [6.07, 6.45) is 5.46. The second kappa shape index (κ2) is 10.0. The molecule has 1 heterocycles. The zero-order valence-corrected chi connectivity index (χ0v) is 17.4. The van der Waals surface area contributed by atoms with Gasteiger partial charge in [-0.3, -0.25) is 0 Å². The Morgan fingerprint density at radius 1 is 1.13 bits per heavy atom. The Balaban J connectivity index is 2.31. The first-order chi connectivity index (χ1) is 14.2. The summed E-state index contributed by atoms with van der Waals surface area (Å²) < 4.78 is 49.1. The van der Waals surface area contributed by atoms with E-state index >= 15 is 0 Å². The Labute approximate surface area is 176 Å². The second-order valence-electron chi connectivity index (χ2n) is 7.03. The number of rotatable bonds is 6. The summed E-state index contributed by atoms with van der Waals surface area (Å²) >= 11 is 0. The van der Waals surface area contributed by atoms with Gasteiger partial charge in [0, 0.05) is 17.6 Å². The number of aryl methyl sites for hydroxylation is 1. The molecule has 1 aromatic rings. The fraction of sp³-hybridized carbons (Fsp3) is 0.231. The minimum Gasteiger partial charge on any atom is -0.450 e. The van der Waals surface area contributed by atoms with Gasteiger partial charge in [0.1, 0.15) is 0 Å². The third-order valence-electron chi connectivity index (χ3n) is 4.58. The molecule has 0 aromatic heterocycles. The molecule has 0 atom stereocenters. The maximum atomic E-state index is 14.9. The molecule has 0 amide bonds. The van der Waals surface area contributed by atoms with E-state index in [0.717, 1.165) is 12.0 Å². The molecule has 4 heteroatoms. The van der Waals surface area contributed by atoms with Crippen molar-refractivity contribution in [1.82, 2.24) is 0 Å². The number of hydrogen-bond acceptors (Lipinski definition) is 1. The van der Waals surface area contributed by atoms with Gasteiger partial charge < -0.3 is 4.74 Å². The quantitative estimate of drug-likeness (QED) is 0.355. The van der Waals surface area contributed by atoms with Crippen LogP contribution in [0.2, 0.25) is 0 Å². The van der Waals surface area contributed by atoms with Gasteiger partial charge in [-0.1, -0.05) is 70.1 Å². The standard InChI is InChI=1S/C26H25F3O/c1-7-9-20-15-21-14-19(6)25(30-26(21)24(29)23(20)28)22(27)18(5)13-12-17(4)11-10-16(3)8-2/h10-11,15H,3-9,14H2,1-2H3/b11-10-,25-22-. The average molecular weight is 410 g/mol. The first-order valence-electron chi connectivity index (χ1n) is 9.71. The molecule has 1 aliphatic heterocycles. The minimum atomic E-state index is -1.12. The molecular formula is C26H25F3O. The van der Waals surface area contributed by atoms with E-state index in [0.29, 0.717) is 29.6 Å². The largest absolute Gasteiger partial charge is 0.450 e. The maximum Gasteiger partial charge on any atom is 0.201 e. The molecule has 0 saturated carbocycles. The smallest absolute Gasteiger partial charge is 0.201 e. The van der Waals surface area contributed by atoms with Crippen molar-refractivity contribution in [1.29, 1.82) is 0 Å². The Kier molecular flexibility index (Phi) is 7.72. The van der Waals surface area contributed by atoms with Crippen molar-refractivity contribution in [3.8, 4) is 17.6 Å². The first-order valence-corrected chi connectivity index (χ1v) is 9.71. The van der Waals surface area contributed by atoms with Crippen molar-refractivity contribution < 1.29 is 17.9 Å². The summed E-state index contributed by atoms with van der Waals surface area (Å²) in [6.45, 7) is 18.9. The molecule has 0 N–H and O–H groups in total. The van der Waals surface area contributed by atoms with E-state index in [1.807, 2.05) is 13.8 Å². The van der Waals surface area contributed by atoms with Crippen molar-refractivity contribution in [2.75, 3.05) is 0 Å². The molecule has 0 radical (unpaired) electrons. The van der Waals surface area contributed by atoms with Crippen molar-refractivity contribution in [3.63, 3.8) is 0 Å². The summed E-state index contributed by atoms with van der Waals surface area (Å²) in [5.74, 6) is 1.68. The summed E-state index contributed by atoms with van der Waals surface area (Å²) in [4.78, 5) is 0. The van der Waals surface area contributed by atoms with E-state index in [2.05, 4.69) is 38.2 Å². The van der Waals surface area contributed by atoms with E-state index < -0.39 is 17.5 Å². The van der Waals surface area contributed by atoms with E-state index in [1.165, 1.54) is 0 Å². The van der Waals surface area contributed by atoms with Crippen LogP contribution in [0.3, 0.4) is 0 Å². The fourth-order valence-electron chi connectivity index (χ4n) is 2.82. The molecule has 30 heavy (non-hydrogen) atoms. The van der Waals surface area contributed by atoms with Crippen LogP contribution in [0.1, 0.15) is 37.8 Å². The summed E-state index contributed by atoms with van der Waals surface area (Å²) in [6, 6.07) is 1.55. The monoisotopic (exact) mass is 410 g/mol. The van der Waals surface area contributed by atoms with Crippen molar-refractivity contribution in [2.45, 2.75) is 39.5 Å². The van der Waals surface area contributed by atoms with Crippen LogP contribution in [0.25, 0.3) is 0 Å². The molecule has 1 aromatic carbocycles. The van der Waals surface area contributed by atoms with Crippen LogP contribution in [0.5, 0.6) is 5.75 Å². The van der Waals surface area contributed by atoms with Crippen molar-refractivity contribution in [3.05, 3.63) is 101 Å². The number of halogens is 3. The van der Waals surface area contributed by atoms with Gasteiger partial charge in [0.25, 0.3) is 0 Å². The van der Waals surface area contributed by atoms with E-state index in [4.69, 9.17) is 4.74 Å². The highest BCUT2D eigenvalue weighted by Gasteiger charge is 2.28. The van der Waals surface area contributed by atoms with Gasteiger partial charge in [0.05, 0.1) is 5.57 Å². The highest BCUT2D eigenvalue weighted by molar-refractivity contribution is 5.55. The topological polar surface area (TPSA) is 9.23 Å². The lowest BCUT2D eigenvalue weighted by Gasteiger charge is -2.24.